The molecule has 1 aliphatic heterocycles. The Hall–Kier alpha value is -1.40. The van der Waals surface area contributed by atoms with Crippen LogP contribution in [0.4, 0.5) is 5.00 Å². The zero-order valence-corrected chi connectivity index (χ0v) is 13.8. The van der Waals surface area contributed by atoms with Crippen molar-refractivity contribution in [1.82, 2.24) is 4.90 Å². The van der Waals surface area contributed by atoms with E-state index in [0.29, 0.717) is 23.2 Å². The van der Waals surface area contributed by atoms with E-state index in [2.05, 4.69) is 24.1 Å². The Balaban J connectivity index is 2.38. The molecule has 0 unspecified atom stereocenters. The van der Waals surface area contributed by atoms with E-state index in [4.69, 9.17) is 4.74 Å². The second kappa shape index (κ2) is 6.58. The van der Waals surface area contributed by atoms with Crippen molar-refractivity contribution >= 4 is 28.2 Å². The second-order valence-electron chi connectivity index (χ2n) is 5.42. The lowest BCUT2D eigenvalue weighted by molar-refractivity contribution is -0.114. The van der Waals surface area contributed by atoms with E-state index >= 15 is 0 Å². The van der Waals surface area contributed by atoms with Crippen LogP contribution in [0.3, 0.4) is 0 Å². The molecule has 1 aliphatic rings. The number of amides is 1. The number of rotatable bonds is 4. The maximum absolute atomic E-state index is 12.2. The number of thiophene rings is 1. The van der Waals surface area contributed by atoms with Crippen LogP contribution in [0, 0.1) is 0 Å². The van der Waals surface area contributed by atoms with E-state index in [0.717, 1.165) is 30.0 Å². The first-order chi connectivity index (χ1) is 9.93. The van der Waals surface area contributed by atoms with Crippen molar-refractivity contribution in [2.75, 3.05) is 18.5 Å². The highest BCUT2D eigenvalue weighted by molar-refractivity contribution is 7.17. The Morgan fingerprint density at radius 2 is 2.14 bits per heavy atom. The summed E-state index contributed by atoms with van der Waals surface area (Å²) in [6.07, 6.45) is 0.817. The summed E-state index contributed by atoms with van der Waals surface area (Å²) >= 11 is 1.49. The van der Waals surface area contributed by atoms with E-state index in [1.165, 1.54) is 18.3 Å². The van der Waals surface area contributed by atoms with Crippen LogP contribution < -0.4 is 5.32 Å². The Bertz CT molecular complexity index is 551. The van der Waals surface area contributed by atoms with Gasteiger partial charge in [-0.1, -0.05) is 0 Å². The lowest BCUT2D eigenvalue weighted by Crippen LogP contribution is -2.35. The van der Waals surface area contributed by atoms with Gasteiger partial charge in [0.05, 0.1) is 12.2 Å². The van der Waals surface area contributed by atoms with Crippen LogP contribution in [-0.2, 0) is 22.5 Å². The van der Waals surface area contributed by atoms with E-state index in [-0.39, 0.29) is 11.9 Å². The van der Waals surface area contributed by atoms with Gasteiger partial charge in [-0.15, -0.1) is 11.3 Å². The molecule has 0 atom stereocenters. The van der Waals surface area contributed by atoms with Gasteiger partial charge in [0.25, 0.3) is 0 Å². The summed E-state index contributed by atoms with van der Waals surface area (Å²) in [5.74, 6) is -0.503. The van der Waals surface area contributed by atoms with Crippen LogP contribution >= 0.6 is 11.3 Å². The summed E-state index contributed by atoms with van der Waals surface area (Å²) in [6, 6.07) is 0.468. The van der Waals surface area contributed by atoms with E-state index in [1.807, 2.05) is 0 Å². The van der Waals surface area contributed by atoms with Crippen molar-refractivity contribution in [2.45, 2.75) is 46.7 Å². The first kappa shape index (κ1) is 16.0. The molecule has 1 amide bonds. The number of hydrogen-bond acceptors (Lipinski definition) is 5. The summed E-state index contributed by atoms with van der Waals surface area (Å²) in [7, 11) is 0. The minimum Gasteiger partial charge on any atom is -0.462 e. The van der Waals surface area contributed by atoms with Crippen LogP contribution in [-0.4, -0.2) is 36.0 Å². The smallest absolute Gasteiger partial charge is 0.341 e. The van der Waals surface area contributed by atoms with Crippen molar-refractivity contribution in [2.24, 2.45) is 0 Å². The number of esters is 1. The first-order valence-corrected chi connectivity index (χ1v) is 8.09. The van der Waals surface area contributed by atoms with E-state index < -0.39 is 0 Å². The molecular weight excluding hydrogens is 288 g/mol. The molecule has 21 heavy (non-hydrogen) atoms. The number of carbonyl (C=O) groups excluding carboxylic acids is 2. The largest absolute Gasteiger partial charge is 0.462 e. The monoisotopic (exact) mass is 310 g/mol. The van der Waals surface area contributed by atoms with Gasteiger partial charge in [-0.25, -0.2) is 4.79 Å². The summed E-state index contributed by atoms with van der Waals surface area (Å²) < 4.78 is 5.15. The Morgan fingerprint density at radius 3 is 2.71 bits per heavy atom. The van der Waals surface area contributed by atoms with Crippen molar-refractivity contribution < 1.29 is 14.3 Å². The van der Waals surface area contributed by atoms with Gasteiger partial charge in [0, 0.05) is 30.9 Å². The lowest BCUT2D eigenvalue weighted by atomic mass is 10.0. The van der Waals surface area contributed by atoms with E-state index in [1.54, 1.807) is 6.92 Å². The molecule has 2 rings (SSSR count). The van der Waals surface area contributed by atoms with E-state index in [9.17, 15) is 9.59 Å². The predicted molar refractivity (Wildman–Crippen MR) is 83.8 cm³/mol. The van der Waals surface area contributed by atoms with Gasteiger partial charge in [-0.05, 0) is 32.8 Å². The zero-order valence-electron chi connectivity index (χ0n) is 13.0. The van der Waals surface area contributed by atoms with Crippen LogP contribution in [0.5, 0.6) is 0 Å². The highest BCUT2D eigenvalue weighted by Crippen LogP contribution is 2.38. The van der Waals surface area contributed by atoms with Gasteiger partial charge in [0.1, 0.15) is 5.00 Å². The van der Waals surface area contributed by atoms with Crippen LogP contribution in [0.1, 0.15) is 48.5 Å². The first-order valence-electron chi connectivity index (χ1n) is 7.27. The van der Waals surface area contributed by atoms with Crippen molar-refractivity contribution in [3.05, 3.63) is 16.0 Å². The predicted octanol–water partition coefficient (Wildman–Crippen LogP) is 2.65. The molecule has 2 heterocycles. The number of nitrogens with one attached hydrogen (secondary N) is 1. The van der Waals surface area contributed by atoms with Crippen molar-refractivity contribution in [1.29, 1.82) is 0 Å². The fourth-order valence-electron chi connectivity index (χ4n) is 2.53. The third-order valence-corrected chi connectivity index (χ3v) is 4.72. The SMILES string of the molecule is CCOC(=O)c1c(NC(C)=O)sc2c1CCN(C(C)C)C2. The zero-order chi connectivity index (χ0) is 15.6. The van der Waals surface area contributed by atoms with Crippen LogP contribution in [0.25, 0.3) is 0 Å². The standard InChI is InChI=1S/C15H22N2O3S/c1-5-20-15(19)13-11-6-7-17(9(2)3)8-12(11)21-14(13)16-10(4)18/h9H,5-8H2,1-4H3,(H,16,18). The average molecular weight is 310 g/mol. The molecule has 5 nitrogen and oxygen atoms in total. The molecule has 0 aromatic carbocycles. The Morgan fingerprint density at radius 1 is 1.43 bits per heavy atom. The quantitative estimate of drug-likeness (QED) is 0.869. The molecule has 0 saturated carbocycles. The molecule has 1 aromatic heterocycles. The molecule has 0 spiro atoms. The highest BCUT2D eigenvalue weighted by atomic mass is 32.1. The number of ether oxygens (including phenoxy) is 1. The fraction of sp³-hybridized carbons (Fsp3) is 0.600. The molecular formula is C15H22N2O3S. The topological polar surface area (TPSA) is 58.6 Å². The minimum atomic E-state index is -0.336. The number of nitrogens with zero attached hydrogens (tertiary/aromatic N) is 1. The maximum Gasteiger partial charge on any atom is 0.341 e. The van der Waals surface area contributed by atoms with Crippen LogP contribution in [0.15, 0.2) is 0 Å². The fourth-order valence-corrected chi connectivity index (χ4v) is 3.84. The minimum absolute atomic E-state index is 0.167. The molecule has 1 aromatic rings. The second-order valence-corrected chi connectivity index (χ2v) is 6.53. The van der Waals surface area contributed by atoms with Gasteiger partial charge in [0.15, 0.2) is 0 Å². The summed E-state index contributed by atoms with van der Waals surface area (Å²) in [5, 5.41) is 3.40. The van der Waals surface area contributed by atoms with Gasteiger partial charge in [-0.2, -0.15) is 0 Å². The third kappa shape index (κ3) is 3.44. The van der Waals surface area contributed by atoms with Crippen molar-refractivity contribution in [3.8, 4) is 0 Å². The summed E-state index contributed by atoms with van der Waals surface area (Å²) in [4.78, 5) is 27.1. The summed E-state index contributed by atoms with van der Waals surface area (Å²) in [6.45, 7) is 9.65. The molecule has 6 heteroatoms. The Labute approximate surface area is 129 Å². The lowest BCUT2D eigenvalue weighted by Gasteiger charge is -2.30. The maximum atomic E-state index is 12.2. The molecule has 0 fully saturated rings. The highest BCUT2D eigenvalue weighted by Gasteiger charge is 2.29. The molecule has 0 saturated heterocycles. The molecule has 0 bridgehead atoms. The van der Waals surface area contributed by atoms with Gasteiger partial charge in [-0.3, -0.25) is 9.69 Å². The van der Waals surface area contributed by atoms with Crippen LogP contribution in [0.2, 0.25) is 0 Å². The normalized spacial score (nSPS) is 14.9. The van der Waals surface area contributed by atoms with Gasteiger partial charge < -0.3 is 10.1 Å². The number of carbonyl (C=O) groups is 2. The average Bonchev–Trinajstić information content (AvgIpc) is 2.74. The van der Waals surface area contributed by atoms with Crippen molar-refractivity contribution in [3.63, 3.8) is 0 Å². The number of hydrogen-bond donors (Lipinski definition) is 1. The Kier molecular flexibility index (Phi) is 5.00. The summed E-state index contributed by atoms with van der Waals surface area (Å²) in [5.41, 5.74) is 1.59. The third-order valence-electron chi connectivity index (χ3n) is 3.59. The molecule has 1 N–H and O–H groups in total. The van der Waals surface area contributed by atoms with Gasteiger partial charge >= 0.3 is 5.97 Å². The number of fused-ring (bicyclic) bond motifs is 1. The van der Waals surface area contributed by atoms with Gasteiger partial charge in [0.2, 0.25) is 5.91 Å². The number of anilines is 1. The molecule has 116 valence electrons. The molecule has 0 aliphatic carbocycles. The molecule has 0 radical (unpaired) electrons.